The van der Waals surface area contributed by atoms with Gasteiger partial charge in [-0.3, -0.25) is 5.84 Å². The number of aryl methyl sites for hydroxylation is 1. The zero-order chi connectivity index (χ0) is 14.4. The van der Waals surface area contributed by atoms with Gasteiger partial charge in [0, 0.05) is 0 Å². The van der Waals surface area contributed by atoms with Crippen LogP contribution in [-0.2, 0) is 0 Å². The summed E-state index contributed by atoms with van der Waals surface area (Å²) in [6, 6.07) is 16.4. The van der Waals surface area contributed by atoms with Crippen molar-refractivity contribution in [3.05, 3.63) is 65.2 Å². The van der Waals surface area contributed by atoms with Gasteiger partial charge in [-0.15, -0.1) is 0 Å². The topological polar surface area (TPSA) is 47.3 Å². The predicted octanol–water partition coefficient (Wildman–Crippen LogP) is 3.34. The second-order valence-corrected chi connectivity index (χ2v) is 4.93. The highest BCUT2D eigenvalue weighted by atomic mass is 16.5. The van der Waals surface area contributed by atoms with Crippen molar-refractivity contribution in [2.75, 3.05) is 6.61 Å². The summed E-state index contributed by atoms with van der Waals surface area (Å²) in [4.78, 5) is 0. The van der Waals surface area contributed by atoms with Gasteiger partial charge < -0.3 is 4.74 Å². The first kappa shape index (κ1) is 14.6. The summed E-state index contributed by atoms with van der Waals surface area (Å²) in [5.74, 6) is 6.62. The Balaban J connectivity index is 2.24. The quantitative estimate of drug-likeness (QED) is 0.625. The molecule has 106 valence electrons. The average molecular weight is 270 g/mol. The van der Waals surface area contributed by atoms with Crippen LogP contribution in [0.2, 0.25) is 0 Å². The maximum Gasteiger partial charge on any atom is 0.119 e. The molecule has 0 saturated heterocycles. The van der Waals surface area contributed by atoms with E-state index >= 15 is 0 Å². The Bertz CT molecular complexity index is 537. The van der Waals surface area contributed by atoms with Crippen LogP contribution < -0.4 is 16.0 Å². The number of rotatable bonds is 6. The van der Waals surface area contributed by atoms with Crippen molar-refractivity contribution in [2.45, 2.75) is 26.3 Å². The Morgan fingerprint density at radius 2 is 1.85 bits per heavy atom. The highest BCUT2D eigenvalue weighted by molar-refractivity contribution is 5.37. The molecule has 3 N–H and O–H groups in total. The van der Waals surface area contributed by atoms with E-state index in [-0.39, 0.29) is 6.04 Å². The molecule has 0 aliphatic rings. The maximum atomic E-state index is 5.73. The maximum absolute atomic E-state index is 5.73. The molecule has 0 fully saturated rings. The second kappa shape index (κ2) is 7.08. The van der Waals surface area contributed by atoms with Crippen LogP contribution in [0.25, 0.3) is 0 Å². The molecule has 0 aromatic heterocycles. The molecular formula is C17H22N2O. The van der Waals surface area contributed by atoms with E-state index in [1.807, 2.05) is 18.2 Å². The molecule has 2 rings (SSSR count). The average Bonchev–Trinajstić information content (AvgIpc) is 2.48. The minimum Gasteiger partial charge on any atom is -0.494 e. The van der Waals surface area contributed by atoms with Gasteiger partial charge in [0.2, 0.25) is 0 Å². The lowest BCUT2D eigenvalue weighted by molar-refractivity contribution is 0.317. The summed E-state index contributed by atoms with van der Waals surface area (Å²) >= 11 is 0. The van der Waals surface area contributed by atoms with E-state index in [1.54, 1.807) is 0 Å². The smallest absolute Gasteiger partial charge is 0.119 e. The van der Waals surface area contributed by atoms with Crippen LogP contribution in [0.5, 0.6) is 5.75 Å². The van der Waals surface area contributed by atoms with Gasteiger partial charge in [-0.2, -0.15) is 0 Å². The van der Waals surface area contributed by atoms with Gasteiger partial charge in [0.15, 0.2) is 0 Å². The van der Waals surface area contributed by atoms with Gasteiger partial charge in [-0.25, -0.2) is 5.43 Å². The lowest BCUT2D eigenvalue weighted by Gasteiger charge is -2.18. The molecule has 0 aliphatic heterocycles. The standard InChI is InChI=1S/C17H22N2O/c1-3-11-20-16-6-4-5-15(12-16)17(19-18)14-9-7-13(2)8-10-14/h4-10,12,17,19H,3,11,18H2,1-2H3. The Labute approximate surface area is 120 Å². The minimum absolute atomic E-state index is 0.0271. The first-order valence-electron chi connectivity index (χ1n) is 7.00. The molecule has 0 radical (unpaired) electrons. The van der Waals surface area contributed by atoms with Crippen LogP contribution in [0.4, 0.5) is 0 Å². The van der Waals surface area contributed by atoms with Gasteiger partial charge >= 0.3 is 0 Å². The number of hydrazine groups is 1. The number of ether oxygens (including phenoxy) is 1. The van der Waals surface area contributed by atoms with Gasteiger partial charge in [0.1, 0.15) is 5.75 Å². The van der Waals surface area contributed by atoms with Crippen molar-refractivity contribution in [3.63, 3.8) is 0 Å². The van der Waals surface area contributed by atoms with Crippen molar-refractivity contribution >= 4 is 0 Å². The van der Waals surface area contributed by atoms with E-state index in [9.17, 15) is 0 Å². The fourth-order valence-electron chi connectivity index (χ4n) is 2.15. The van der Waals surface area contributed by atoms with E-state index in [4.69, 9.17) is 10.6 Å². The third-order valence-corrected chi connectivity index (χ3v) is 3.24. The molecule has 0 saturated carbocycles. The molecule has 20 heavy (non-hydrogen) atoms. The molecule has 0 aliphatic carbocycles. The summed E-state index contributed by atoms with van der Waals surface area (Å²) in [6.07, 6.45) is 1.00. The fraction of sp³-hybridized carbons (Fsp3) is 0.294. The van der Waals surface area contributed by atoms with Crippen LogP contribution in [0, 0.1) is 6.92 Å². The zero-order valence-corrected chi connectivity index (χ0v) is 12.1. The number of nitrogens with two attached hydrogens (primary N) is 1. The lowest BCUT2D eigenvalue weighted by Crippen LogP contribution is -2.28. The van der Waals surface area contributed by atoms with E-state index in [0.29, 0.717) is 0 Å². The molecule has 0 bridgehead atoms. The van der Waals surface area contributed by atoms with E-state index < -0.39 is 0 Å². The van der Waals surface area contributed by atoms with Crippen LogP contribution in [0.3, 0.4) is 0 Å². The summed E-state index contributed by atoms with van der Waals surface area (Å²) in [5.41, 5.74) is 6.37. The molecule has 3 nitrogen and oxygen atoms in total. The fourth-order valence-corrected chi connectivity index (χ4v) is 2.15. The molecule has 0 amide bonds. The third-order valence-electron chi connectivity index (χ3n) is 3.24. The monoisotopic (exact) mass is 270 g/mol. The summed E-state index contributed by atoms with van der Waals surface area (Å²) in [7, 11) is 0. The largest absolute Gasteiger partial charge is 0.494 e. The van der Waals surface area contributed by atoms with Gasteiger partial charge in [0.25, 0.3) is 0 Å². The number of nitrogens with one attached hydrogen (secondary N) is 1. The second-order valence-electron chi connectivity index (χ2n) is 4.93. The van der Waals surface area contributed by atoms with Gasteiger partial charge in [-0.1, -0.05) is 48.9 Å². The lowest BCUT2D eigenvalue weighted by atomic mass is 9.98. The van der Waals surface area contributed by atoms with Crippen molar-refractivity contribution < 1.29 is 4.74 Å². The molecular weight excluding hydrogens is 248 g/mol. The van der Waals surface area contributed by atoms with E-state index in [2.05, 4.69) is 49.6 Å². The van der Waals surface area contributed by atoms with E-state index in [1.165, 1.54) is 5.56 Å². The molecule has 1 atom stereocenters. The Morgan fingerprint density at radius 1 is 1.10 bits per heavy atom. The minimum atomic E-state index is -0.0271. The number of hydrogen-bond donors (Lipinski definition) is 2. The first-order chi connectivity index (χ1) is 9.74. The van der Waals surface area contributed by atoms with Crippen molar-refractivity contribution in [1.29, 1.82) is 0 Å². The molecule has 3 heteroatoms. The van der Waals surface area contributed by atoms with Gasteiger partial charge in [0.05, 0.1) is 12.6 Å². The Hall–Kier alpha value is -1.84. The van der Waals surface area contributed by atoms with Crippen LogP contribution in [0.15, 0.2) is 48.5 Å². The number of hydrogen-bond acceptors (Lipinski definition) is 3. The van der Waals surface area contributed by atoms with E-state index in [0.717, 1.165) is 29.9 Å². The van der Waals surface area contributed by atoms with Crippen LogP contribution in [0.1, 0.15) is 36.1 Å². The van der Waals surface area contributed by atoms with Crippen LogP contribution in [-0.4, -0.2) is 6.61 Å². The predicted molar refractivity (Wildman–Crippen MR) is 82.6 cm³/mol. The summed E-state index contributed by atoms with van der Waals surface area (Å²) < 4.78 is 5.68. The summed E-state index contributed by atoms with van der Waals surface area (Å²) in [6.45, 7) is 4.91. The first-order valence-corrected chi connectivity index (χ1v) is 7.00. The molecule has 0 heterocycles. The van der Waals surface area contributed by atoms with Crippen LogP contribution >= 0.6 is 0 Å². The van der Waals surface area contributed by atoms with Gasteiger partial charge in [-0.05, 0) is 36.6 Å². The van der Waals surface area contributed by atoms with Crippen molar-refractivity contribution in [2.24, 2.45) is 5.84 Å². The normalized spacial score (nSPS) is 12.2. The third kappa shape index (κ3) is 3.59. The number of benzene rings is 2. The molecule has 1 unspecified atom stereocenters. The SMILES string of the molecule is CCCOc1cccc(C(NN)c2ccc(C)cc2)c1. The summed E-state index contributed by atoms with van der Waals surface area (Å²) in [5, 5.41) is 0. The molecule has 2 aromatic carbocycles. The highest BCUT2D eigenvalue weighted by Crippen LogP contribution is 2.25. The molecule has 0 spiro atoms. The van der Waals surface area contributed by atoms with Crippen molar-refractivity contribution in [3.8, 4) is 5.75 Å². The van der Waals surface area contributed by atoms with Crippen molar-refractivity contribution in [1.82, 2.24) is 5.43 Å². The Kier molecular flexibility index (Phi) is 5.16. The zero-order valence-electron chi connectivity index (χ0n) is 12.1. The highest BCUT2D eigenvalue weighted by Gasteiger charge is 2.12. The molecule has 2 aromatic rings. The Morgan fingerprint density at radius 3 is 2.50 bits per heavy atom.